The zero-order valence-electron chi connectivity index (χ0n) is 10.6. The van der Waals surface area contributed by atoms with Crippen molar-refractivity contribution in [1.29, 1.82) is 0 Å². The van der Waals surface area contributed by atoms with Crippen LogP contribution in [0.2, 0.25) is 0 Å². The van der Waals surface area contributed by atoms with Crippen molar-refractivity contribution in [3.8, 4) is 0 Å². The molecule has 3 nitrogen and oxygen atoms in total. The van der Waals surface area contributed by atoms with E-state index >= 15 is 0 Å². The topological polar surface area (TPSA) is 41.1 Å². The Morgan fingerprint density at radius 1 is 1.35 bits per heavy atom. The Labute approximate surface area is 107 Å². The first kappa shape index (κ1) is 14.1. The second kappa shape index (κ2) is 7.35. The van der Waals surface area contributed by atoms with Crippen molar-refractivity contribution in [3.63, 3.8) is 0 Å². The third-order valence-corrected chi connectivity index (χ3v) is 3.35. The average molecular weight is 252 g/mol. The van der Waals surface area contributed by atoms with E-state index in [1.165, 1.54) is 5.56 Å². The molecule has 1 atom stereocenters. The lowest BCUT2D eigenvalue weighted by Crippen LogP contribution is -2.27. The zero-order valence-corrected chi connectivity index (χ0v) is 11.4. The van der Waals surface area contributed by atoms with Crippen LogP contribution in [0.5, 0.6) is 0 Å². The monoisotopic (exact) mass is 252 g/mol. The lowest BCUT2D eigenvalue weighted by atomic mass is 10.1. The lowest BCUT2D eigenvalue weighted by molar-refractivity contribution is 0.0963. The molecule has 2 N–H and O–H groups in total. The van der Waals surface area contributed by atoms with Crippen molar-refractivity contribution in [1.82, 2.24) is 10.6 Å². The Bertz CT molecular complexity index is 351. The Balaban J connectivity index is 2.48. The van der Waals surface area contributed by atoms with Crippen LogP contribution in [-0.4, -0.2) is 31.0 Å². The third kappa shape index (κ3) is 4.79. The van der Waals surface area contributed by atoms with Crippen molar-refractivity contribution in [2.75, 3.05) is 19.1 Å². The van der Waals surface area contributed by atoms with Gasteiger partial charge in [-0.25, -0.2) is 0 Å². The van der Waals surface area contributed by atoms with Crippen LogP contribution >= 0.6 is 11.8 Å². The van der Waals surface area contributed by atoms with Gasteiger partial charge in [-0.05, 0) is 30.9 Å². The molecule has 0 aromatic heterocycles. The van der Waals surface area contributed by atoms with E-state index in [0.717, 1.165) is 12.3 Å². The minimum Gasteiger partial charge on any atom is -0.355 e. The number of benzene rings is 1. The highest BCUT2D eigenvalue weighted by atomic mass is 32.2. The van der Waals surface area contributed by atoms with Gasteiger partial charge in [0, 0.05) is 31.0 Å². The van der Waals surface area contributed by atoms with E-state index in [0.29, 0.717) is 11.6 Å². The molecule has 4 heteroatoms. The second-order valence-corrected chi connectivity index (χ2v) is 4.92. The van der Waals surface area contributed by atoms with Crippen LogP contribution in [0.3, 0.4) is 0 Å². The maximum atomic E-state index is 11.3. The Hall–Kier alpha value is -1.00. The smallest absolute Gasteiger partial charge is 0.251 e. The Morgan fingerprint density at radius 2 is 2.00 bits per heavy atom. The number of carbonyl (C=O) groups is 1. The van der Waals surface area contributed by atoms with Gasteiger partial charge in [0.2, 0.25) is 0 Å². The van der Waals surface area contributed by atoms with Gasteiger partial charge in [0.1, 0.15) is 0 Å². The fourth-order valence-electron chi connectivity index (χ4n) is 1.52. The number of amides is 1. The molecule has 0 heterocycles. The number of hydrogen-bond donors (Lipinski definition) is 2. The summed E-state index contributed by atoms with van der Waals surface area (Å²) in [6, 6.07) is 8.19. The molecule has 0 spiro atoms. The summed E-state index contributed by atoms with van der Waals surface area (Å²) in [7, 11) is 1.64. The molecule has 0 radical (unpaired) electrons. The van der Waals surface area contributed by atoms with Gasteiger partial charge in [-0.15, -0.1) is 0 Å². The molecule has 0 aliphatic rings. The van der Waals surface area contributed by atoms with Crippen LogP contribution in [0.1, 0.15) is 22.8 Å². The first-order valence-corrected chi connectivity index (χ1v) is 7.10. The van der Waals surface area contributed by atoms with Crippen LogP contribution in [0.15, 0.2) is 24.3 Å². The number of rotatable bonds is 6. The fourth-order valence-corrected chi connectivity index (χ4v) is 2.14. The van der Waals surface area contributed by atoms with E-state index < -0.39 is 0 Å². The van der Waals surface area contributed by atoms with Crippen LogP contribution in [0.4, 0.5) is 0 Å². The largest absolute Gasteiger partial charge is 0.355 e. The van der Waals surface area contributed by atoms with Gasteiger partial charge in [0.15, 0.2) is 0 Å². The highest BCUT2D eigenvalue weighted by Gasteiger charge is 2.03. The summed E-state index contributed by atoms with van der Waals surface area (Å²) in [5.74, 6) is 1.07. The van der Waals surface area contributed by atoms with E-state index in [9.17, 15) is 4.79 Å². The number of nitrogens with one attached hydrogen (secondary N) is 2. The molecule has 0 aliphatic heterocycles. The molecule has 1 aromatic carbocycles. The molecule has 17 heavy (non-hydrogen) atoms. The summed E-state index contributed by atoms with van der Waals surface area (Å²) < 4.78 is 0. The number of hydrogen-bond acceptors (Lipinski definition) is 3. The Morgan fingerprint density at radius 3 is 2.53 bits per heavy atom. The molecule has 0 saturated carbocycles. The number of carbonyl (C=O) groups excluding carboxylic acids is 1. The van der Waals surface area contributed by atoms with E-state index in [-0.39, 0.29) is 5.91 Å². The molecule has 0 aliphatic carbocycles. The highest BCUT2D eigenvalue weighted by molar-refractivity contribution is 7.98. The summed E-state index contributed by atoms with van der Waals surface area (Å²) >= 11 is 1.84. The fraction of sp³-hybridized carbons (Fsp3) is 0.462. The first-order valence-electron chi connectivity index (χ1n) is 5.70. The normalized spacial score (nSPS) is 12.2. The zero-order chi connectivity index (χ0) is 12.7. The summed E-state index contributed by atoms with van der Waals surface area (Å²) in [5, 5.41) is 6.05. The molecule has 1 unspecified atom stereocenters. The van der Waals surface area contributed by atoms with E-state index in [1.54, 1.807) is 7.05 Å². The molecule has 0 saturated heterocycles. The van der Waals surface area contributed by atoms with Gasteiger partial charge < -0.3 is 10.6 Å². The molecular formula is C13H20N2OS. The van der Waals surface area contributed by atoms with Gasteiger partial charge in [-0.1, -0.05) is 12.1 Å². The summed E-state index contributed by atoms with van der Waals surface area (Å²) in [6.45, 7) is 3.02. The van der Waals surface area contributed by atoms with Gasteiger partial charge in [0.25, 0.3) is 5.91 Å². The average Bonchev–Trinajstić information content (AvgIpc) is 2.36. The van der Waals surface area contributed by atoms with Crippen molar-refractivity contribution in [3.05, 3.63) is 35.4 Å². The van der Waals surface area contributed by atoms with Crippen molar-refractivity contribution < 1.29 is 4.79 Å². The summed E-state index contributed by atoms with van der Waals surface area (Å²) in [4.78, 5) is 11.3. The second-order valence-electron chi connectivity index (χ2n) is 4.01. The molecule has 1 aromatic rings. The van der Waals surface area contributed by atoms with Crippen LogP contribution in [0, 0.1) is 0 Å². The van der Waals surface area contributed by atoms with Crippen LogP contribution in [-0.2, 0) is 6.54 Å². The van der Waals surface area contributed by atoms with E-state index in [4.69, 9.17) is 0 Å². The predicted octanol–water partition coefficient (Wildman–Crippen LogP) is 1.89. The molecule has 94 valence electrons. The minimum atomic E-state index is -0.0414. The van der Waals surface area contributed by atoms with E-state index in [2.05, 4.69) is 23.8 Å². The molecule has 1 amide bonds. The minimum absolute atomic E-state index is 0.0414. The SMILES string of the molecule is CNC(=O)c1ccc(CNC(C)CSC)cc1. The maximum absolute atomic E-state index is 11.3. The van der Waals surface area contributed by atoms with Gasteiger partial charge in [-0.2, -0.15) is 11.8 Å². The van der Waals surface area contributed by atoms with Gasteiger partial charge in [-0.3, -0.25) is 4.79 Å². The van der Waals surface area contributed by atoms with Crippen molar-refractivity contribution in [2.24, 2.45) is 0 Å². The first-order chi connectivity index (χ1) is 8.17. The predicted molar refractivity (Wildman–Crippen MR) is 74.5 cm³/mol. The summed E-state index contributed by atoms with van der Waals surface area (Å²) in [5.41, 5.74) is 1.90. The standard InChI is InChI=1S/C13H20N2OS/c1-10(9-17-3)15-8-11-4-6-12(7-5-11)13(16)14-2/h4-7,10,15H,8-9H2,1-3H3,(H,14,16). The lowest BCUT2D eigenvalue weighted by Gasteiger charge is -2.12. The maximum Gasteiger partial charge on any atom is 0.251 e. The molecule has 1 rings (SSSR count). The Kier molecular flexibility index (Phi) is 6.08. The highest BCUT2D eigenvalue weighted by Crippen LogP contribution is 2.05. The third-order valence-electron chi connectivity index (χ3n) is 2.51. The summed E-state index contributed by atoms with van der Waals surface area (Å²) in [6.07, 6.45) is 2.11. The van der Waals surface area contributed by atoms with Gasteiger partial charge >= 0.3 is 0 Å². The molecule has 0 bridgehead atoms. The molecule has 0 fully saturated rings. The van der Waals surface area contributed by atoms with Crippen molar-refractivity contribution >= 4 is 17.7 Å². The molecular weight excluding hydrogens is 232 g/mol. The number of thioether (sulfide) groups is 1. The van der Waals surface area contributed by atoms with Crippen LogP contribution < -0.4 is 10.6 Å². The van der Waals surface area contributed by atoms with E-state index in [1.807, 2.05) is 36.0 Å². The quantitative estimate of drug-likeness (QED) is 0.812. The van der Waals surface area contributed by atoms with Gasteiger partial charge in [0.05, 0.1) is 0 Å². The van der Waals surface area contributed by atoms with Crippen LogP contribution in [0.25, 0.3) is 0 Å². The van der Waals surface area contributed by atoms with Crippen molar-refractivity contribution in [2.45, 2.75) is 19.5 Å².